The Morgan fingerprint density at radius 3 is 2.73 bits per heavy atom. The fourth-order valence-corrected chi connectivity index (χ4v) is 1.08. The van der Waals surface area contributed by atoms with E-state index in [2.05, 4.69) is 0 Å². The van der Waals surface area contributed by atoms with E-state index in [0.29, 0.717) is 6.07 Å². The Kier molecular flexibility index (Phi) is 3.60. The molecular formula is C10H10F2O3. The first-order valence-electron chi connectivity index (χ1n) is 4.32. The van der Waals surface area contributed by atoms with Crippen LogP contribution in [0.3, 0.4) is 0 Å². The first kappa shape index (κ1) is 11.4. The van der Waals surface area contributed by atoms with Gasteiger partial charge in [-0.15, -0.1) is 0 Å². The molecule has 3 nitrogen and oxygen atoms in total. The van der Waals surface area contributed by atoms with Crippen molar-refractivity contribution in [1.29, 1.82) is 0 Å². The molecule has 0 saturated carbocycles. The second-order valence-corrected chi connectivity index (χ2v) is 3.10. The second-order valence-electron chi connectivity index (χ2n) is 3.10. The van der Waals surface area contributed by atoms with Gasteiger partial charge in [-0.2, -0.15) is 0 Å². The Bertz CT molecular complexity index is 366. The van der Waals surface area contributed by atoms with Gasteiger partial charge >= 0.3 is 5.97 Å². The van der Waals surface area contributed by atoms with Crippen LogP contribution < -0.4 is 4.74 Å². The molecule has 0 unspecified atom stereocenters. The third kappa shape index (κ3) is 3.53. The van der Waals surface area contributed by atoms with E-state index in [1.54, 1.807) is 0 Å². The minimum atomic E-state index is -1.04. The molecular weight excluding hydrogens is 206 g/mol. The number of carbonyl (C=O) groups is 1. The molecule has 1 N–H and O–H groups in total. The SMILES string of the molecule is C[C@H](CC(=O)O)Oc1ccc(F)cc1F. The zero-order chi connectivity index (χ0) is 11.4. The molecule has 0 amide bonds. The van der Waals surface area contributed by atoms with E-state index in [4.69, 9.17) is 9.84 Å². The Hall–Kier alpha value is -1.65. The van der Waals surface area contributed by atoms with Crippen LogP contribution in [0, 0.1) is 11.6 Å². The van der Waals surface area contributed by atoms with E-state index < -0.39 is 23.7 Å². The number of hydrogen-bond acceptors (Lipinski definition) is 2. The molecule has 0 spiro atoms. The summed E-state index contributed by atoms with van der Waals surface area (Å²) in [6.07, 6.45) is -0.904. The molecule has 1 aromatic rings. The summed E-state index contributed by atoms with van der Waals surface area (Å²) < 4.78 is 30.5. The van der Waals surface area contributed by atoms with Crippen LogP contribution in [0.4, 0.5) is 8.78 Å². The monoisotopic (exact) mass is 216 g/mol. The van der Waals surface area contributed by atoms with Crippen LogP contribution >= 0.6 is 0 Å². The number of hydrogen-bond donors (Lipinski definition) is 1. The van der Waals surface area contributed by atoms with Crippen molar-refractivity contribution in [2.75, 3.05) is 0 Å². The van der Waals surface area contributed by atoms with Gasteiger partial charge in [0.2, 0.25) is 0 Å². The standard InChI is InChI=1S/C10H10F2O3/c1-6(4-10(13)14)15-9-3-2-7(11)5-8(9)12/h2-3,5-6H,4H2,1H3,(H,13,14)/t6-/m1/s1. The predicted octanol–water partition coefficient (Wildman–Crippen LogP) is 2.21. The maximum atomic E-state index is 13.0. The summed E-state index contributed by atoms with van der Waals surface area (Å²) in [6.45, 7) is 1.50. The molecule has 0 heterocycles. The van der Waals surface area contributed by atoms with Gasteiger partial charge in [0.25, 0.3) is 0 Å². The smallest absolute Gasteiger partial charge is 0.307 e. The highest BCUT2D eigenvalue weighted by molar-refractivity contribution is 5.67. The molecule has 15 heavy (non-hydrogen) atoms. The normalized spacial score (nSPS) is 12.2. The van der Waals surface area contributed by atoms with E-state index in [1.807, 2.05) is 0 Å². The highest BCUT2D eigenvalue weighted by atomic mass is 19.1. The quantitative estimate of drug-likeness (QED) is 0.839. The van der Waals surface area contributed by atoms with E-state index in [9.17, 15) is 13.6 Å². The highest BCUT2D eigenvalue weighted by Gasteiger charge is 2.12. The number of carboxylic acids is 1. The van der Waals surface area contributed by atoms with Crippen LogP contribution in [0.25, 0.3) is 0 Å². The highest BCUT2D eigenvalue weighted by Crippen LogP contribution is 2.19. The van der Waals surface area contributed by atoms with Crippen LogP contribution in [0.2, 0.25) is 0 Å². The largest absolute Gasteiger partial charge is 0.487 e. The van der Waals surface area contributed by atoms with Gasteiger partial charge in [0.1, 0.15) is 11.9 Å². The number of ether oxygens (including phenoxy) is 1. The fourth-order valence-electron chi connectivity index (χ4n) is 1.08. The number of halogens is 2. The van der Waals surface area contributed by atoms with Gasteiger partial charge in [-0.25, -0.2) is 8.78 Å². The summed E-state index contributed by atoms with van der Waals surface area (Å²) in [4.78, 5) is 10.3. The van der Waals surface area contributed by atoms with Gasteiger partial charge in [0.05, 0.1) is 6.42 Å². The van der Waals surface area contributed by atoms with Crippen molar-refractivity contribution in [2.24, 2.45) is 0 Å². The van der Waals surface area contributed by atoms with Gasteiger partial charge in [-0.3, -0.25) is 4.79 Å². The van der Waals surface area contributed by atoms with Crippen LogP contribution in [0.1, 0.15) is 13.3 Å². The zero-order valence-corrected chi connectivity index (χ0v) is 8.04. The molecule has 0 bridgehead atoms. The maximum absolute atomic E-state index is 13.0. The van der Waals surface area contributed by atoms with Crippen LogP contribution in [0.15, 0.2) is 18.2 Å². The van der Waals surface area contributed by atoms with E-state index in [1.165, 1.54) is 6.92 Å². The average molecular weight is 216 g/mol. The first-order valence-corrected chi connectivity index (χ1v) is 4.32. The summed E-state index contributed by atoms with van der Waals surface area (Å²) in [5.41, 5.74) is 0. The molecule has 1 atom stereocenters. The molecule has 0 aliphatic rings. The van der Waals surface area contributed by atoms with E-state index >= 15 is 0 Å². The van der Waals surface area contributed by atoms with Gasteiger partial charge in [-0.1, -0.05) is 0 Å². The minimum absolute atomic E-state index is 0.148. The lowest BCUT2D eigenvalue weighted by Gasteiger charge is -2.12. The van der Waals surface area contributed by atoms with Crippen molar-refractivity contribution in [1.82, 2.24) is 0 Å². The summed E-state index contributed by atoms with van der Waals surface area (Å²) in [5.74, 6) is -2.73. The van der Waals surface area contributed by atoms with Gasteiger partial charge in [-0.05, 0) is 19.1 Å². The Morgan fingerprint density at radius 1 is 1.53 bits per heavy atom. The molecule has 0 saturated heterocycles. The number of carboxylic acid groups (broad SMARTS) is 1. The summed E-state index contributed by atoms with van der Waals surface area (Å²) in [5, 5.41) is 8.44. The van der Waals surface area contributed by atoms with Crippen LogP contribution in [-0.4, -0.2) is 17.2 Å². The van der Waals surface area contributed by atoms with Crippen molar-refractivity contribution in [2.45, 2.75) is 19.4 Å². The van der Waals surface area contributed by atoms with Crippen LogP contribution in [0.5, 0.6) is 5.75 Å². The molecule has 5 heteroatoms. The average Bonchev–Trinajstić information content (AvgIpc) is 2.08. The topological polar surface area (TPSA) is 46.5 Å². The van der Waals surface area contributed by atoms with Gasteiger partial charge in [0.15, 0.2) is 11.6 Å². The maximum Gasteiger partial charge on any atom is 0.307 e. The third-order valence-electron chi connectivity index (χ3n) is 1.68. The van der Waals surface area contributed by atoms with Crippen molar-refractivity contribution < 1.29 is 23.4 Å². The molecule has 0 radical (unpaired) electrons. The Labute approximate surface area is 85.3 Å². The van der Waals surface area contributed by atoms with E-state index in [0.717, 1.165) is 12.1 Å². The van der Waals surface area contributed by atoms with Crippen molar-refractivity contribution in [3.63, 3.8) is 0 Å². The fraction of sp³-hybridized carbons (Fsp3) is 0.300. The number of benzene rings is 1. The second kappa shape index (κ2) is 4.72. The van der Waals surface area contributed by atoms with Crippen molar-refractivity contribution >= 4 is 5.97 Å². The Balaban J connectivity index is 2.68. The van der Waals surface area contributed by atoms with E-state index in [-0.39, 0.29) is 12.2 Å². The third-order valence-corrected chi connectivity index (χ3v) is 1.68. The predicted molar refractivity (Wildman–Crippen MR) is 48.7 cm³/mol. The lowest BCUT2D eigenvalue weighted by atomic mass is 10.2. The van der Waals surface area contributed by atoms with Crippen molar-refractivity contribution in [3.8, 4) is 5.75 Å². The van der Waals surface area contributed by atoms with Gasteiger partial charge < -0.3 is 9.84 Å². The molecule has 0 aromatic heterocycles. The lowest BCUT2D eigenvalue weighted by molar-refractivity contribution is -0.138. The van der Waals surface area contributed by atoms with Crippen LogP contribution in [-0.2, 0) is 4.79 Å². The summed E-state index contributed by atoms with van der Waals surface area (Å²) >= 11 is 0. The summed E-state index contributed by atoms with van der Waals surface area (Å²) in [7, 11) is 0. The first-order chi connectivity index (χ1) is 6.99. The molecule has 0 aliphatic carbocycles. The lowest BCUT2D eigenvalue weighted by Crippen LogP contribution is -2.17. The van der Waals surface area contributed by atoms with Gasteiger partial charge in [0, 0.05) is 6.07 Å². The zero-order valence-electron chi connectivity index (χ0n) is 8.04. The molecule has 1 rings (SSSR count). The van der Waals surface area contributed by atoms with Crippen molar-refractivity contribution in [3.05, 3.63) is 29.8 Å². The molecule has 0 aliphatic heterocycles. The minimum Gasteiger partial charge on any atom is -0.487 e. The molecule has 1 aromatic carbocycles. The summed E-state index contributed by atoms with van der Waals surface area (Å²) in [6, 6.07) is 2.86. The molecule has 0 fully saturated rings. The number of aliphatic carboxylic acids is 1. The number of rotatable bonds is 4. The molecule has 82 valence electrons. The Morgan fingerprint density at radius 2 is 2.20 bits per heavy atom.